The van der Waals surface area contributed by atoms with Crippen molar-refractivity contribution >= 4 is 29.4 Å². The zero-order valence-corrected chi connectivity index (χ0v) is 14.3. The van der Waals surface area contributed by atoms with E-state index in [0.717, 1.165) is 25.1 Å². The molecular formula is C15H16F3N3O3S. The Kier molecular flexibility index (Phi) is 4.34. The van der Waals surface area contributed by atoms with Crippen molar-refractivity contribution in [3.05, 3.63) is 18.2 Å². The number of aromatic nitrogens is 1. The Morgan fingerprint density at radius 3 is 2.64 bits per heavy atom. The maximum absolute atomic E-state index is 13.9. The SMILES string of the molecule is COC(=O)[C@@H]1C(F)(F)C12CC(NC(=O)Nc1cncc(F)c1SC)C2. The molecule has 2 fully saturated rings. The Balaban J connectivity index is 1.57. The van der Waals surface area contributed by atoms with Gasteiger partial charge < -0.3 is 15.4 Å². The molecule has 1 aromatic heterocycles. The zero-order chi connectivity index (χ0) is 18.4. The lowest BCUT2D eigenvalue weighted by molar-refractivity contribution is -0.145. The van der Waals surface area contributed by atoms with Crippen LogP contribution in [-0.2, 0) is 9.53 Å². The highest BCUT2D eigenvalue weighted by molar-refractivity contribution is 7.98. The molecule has 0 radical (unpaired) electrons. The average molecular weight is 375 g/mol. The molecule has 0 aliphatic heterocycles. The number of carbonyl (C=O) groups is 2. The highest BCUT2D eigenvalue weighted by atomic mass is 32.2. The van der Waals surface area contributed by atoms with Gasteiger partial charge in [0.05, 0.1) is 35.5 Å². The number of hydrogen-bond acceptors (Lipinski definition) is 5. The van der Waals surface area contributed by atoms with Gasteiger partial charge in [-0.25, -0.2) is 18.0 Å². The maximum atomic E-state index is 13.9. The number of halogens is 3. The summed E-state index contributed by atoms with van der Waals surface area (Å²) in [6, 6.07) is -1.12. The summed E-state index contributed by atoms with van der Waals surface area (Å²) >= 11 is 1.11. The first-order valence-corrected chi connectivity index (χ1v) is 8.70. The third-order valence-corrected chi connectivity index (χ3v) is 5.62. The average Bonchev–Trinajstić information content (AvgIpc) is 3.03. The molecule has 136 valence electrons. The second kappa shape index (κ2) is 6.08. The molecule has 2 N–H and O–H groups in total. The first-order valence-electron chi connectivity index (χ1n) is 7.47. The Labute approximate surface area is 145 Å². The van der Waals surface area contributed by atoms with Crippen LogP contribution in [-0.4, -0.2) is 42.3 Å². The van der Waals surface area contributed by atoms with Crippen molar-refractivity contribution in [3.63, 3.8) is 0 Å². The van der Waals surface area contributed by atoms with Crippen molar-refractivity contribution in [2.75, 3.05) is 18.7 Å². The van der Waals surface area contributed by atoms with E-state index in [-0.39, 0.29) is 23.4 Å². The summed E-state index contributed by atoms with van der Waals surface area (Å²) in [5, 5.41) is 5.01. The predicted octanol–water partition coefficient (Wildman–Crippen LogP) is 2.65. The monoisotopic (exact) mass is 375 g/mol. The van der Waals surface area contributed by atoms with Crippen LogP contribution < -0.4 is 10.6 Å². The molecule has 0 unspecified atom stereocenters. The fourth-order valence-electron chi connectivity index (χ4n) is 3.49. The lowest BCUT2D eigenvalue weighted by atomic mass is 9.74. The van der Waals surface area contributed by atoms with Gasteiger partial charge in [0, 0.05) is 6.04 Å². The summed E-state index contributed by atoms with van der Waals surface area (Å²) in [6.07, 6.45) is 3.97. The Hall–Kier alpha value is -1.97. The van der Waals surface area contributed by atoms with Gasteiger partial charge in [-0.15, -0.1) is 11.8 Å². The van der Waals surface area contributed by atoms with Gasteiger partial charge in [0.25, 0.3) is 5.92 Å². The van der Waals surface area contributed by atoms with E-state index < -0.39 is 41.1 Å². The van der Waals surface area contributed by atoms with Crippen molar-refractivity contribution in [1.29, 1.82) is 0 Å². The highest BCUT2D eigenvalue weighted by Crippen LogP contribution is 2.75. The van der Waals surface area contributed by atoms with Crippen LogP contribution in [0.5, 0.6) is 0 Å². The molecule has 0 saturated heterocycles. The maximum Gasteiger partial charge on any atom is 0.319 e. The standard InChI is InChI=1S/C15H16F3N3O3S/c1-24-12(22)11-14(15(11,17)18)3-7(4-14)20-13(23)21-9-6-19-5-8(16)10(9)25-2/h5-7,11H,3-4H2,1-2H3,(H2,20,21,23)/t7?,11-,14?/m0/s1. The quantitative estimate of drug-likeness (QED) is 0.625. The number of ether oxygens (including phenoxy) is 1. The van der Waals surface area contributed by atoms with E-state index in [0.29, 0.717) is 0 Å². The number of amides is 2. The number of urea groups is 1. The fraction of sp³-hybridized carbons (Fsp3) is 0.533. The number of alkyl halides is 2. The molecular weight excluding hydrogens is 359 g/mol. The van der Waals surface area contributed by atoms with Gasteiger partial charge >= 0.3 is 12.0 Å². The molecule has 1 heterocycles. The third kappa shape index (κ3) is 2.72. The molecule has 1 spiro atoms. The van der Waals surface area contributed by atoms with Gasteiger partial charge in [-0.3, -0.25) is 9.78 Å². The van der Waals surface area contributed by atoms with Crippen LogP contribution in [0.1, 0.15) is 12.8 Å². The second-order valence-electron chi connectivity index (χ2n) is 6.14. The molecule has 2 aliphatic rings. The van der Waals surface area contributed by atoms with Crippen LogP contribution in [0, 0.1) is 17.2 Å². The minimum Gasteiger partial charge on any atom is -0.469 e. The van der Waals surface area contributed by atoms with Gasteiger partial charge in [0.2, 0.25) is 0 Å². The number of rotatable bonds is 4. The van der Waals surface area contributed by atoms with E-state index in [1.807, 2.05) is 0 Å². The number of carbonyl (C=O) groups excluding carboxylic acids is 2. The summed E-state index contributed by atoms with van der Waals surface area (Å²) in [6.45, 7) is 0. The van der Waals surface area contributed by atoms with Crippen LogP contribution in [0.4, 0.5) is 23.7 Å². The second-order valence-corrected chi connectivity index (χ2v) is 6.96. The number of esters is 1. The van der Waals surface area contributed by atoms with Gasteiger partial charge in [0.1, 0.15) is 5.92 Å². The number of thioether (sulfide) groups is 1. The van der Waals surface area contributed by atoms with Crippen LogP contribution in [0.15, 0.2) is 17.3 Å². The van der Waals surface area contributed by atoms with Crippen molar-refractivity contribution in [3.8, 4) is 0 Å². The van der Waals surface area contributed by atoms with Crippen molar-refractivity contribution in [1.82, 2.24) is 10.3 Å². The molecule has 3 rings (SSSR count). The van der Waals surface area contributed by atoms with E-state index in [1.54, 1.807) is 6.26 Å². The molecule has 0 aromatic carbocycles. The molecule has 2 amide bonds. The predicted molar refractivity (Wildman–Crippen MR) is 84.0 cm³/mol. The van der Waals surface area contributed by atoms with E-state index in [9.17, 15) is 22.8 Å². The molecule has 2 aliphatic carbocycles. The number of pyridine rings is 1. The van der Waals surface area contributed by atoms with Gasteiger partial charge in [-0.1, -0.05) is 0 Å². The molecule has 0 bridgehead atoms. The smallest absolute Gasteiger partial charge is 0.319 e. The third-order valence-electron chi connectivity index (χ3n) is 4.79. The minimum absolute atomic E-state index is 0.00995. The van der Waals surface area contributed by atoms with Crippen LogP contribution in [0.25, 0.3) is 0 Å². The first-order chi connectivity index (χ1) is 11.8. The van der Waals surface area contributed by atoms with Gasteiger partial charge in [-0.2, -0.15) is 0 Å². The lowest BCUT2D eigenvalue weighted by Crippen LogP contribution is -2.49. The van der Waals surface area contributed by atoms with Gasteiger partial charge in [-0.05, 0) is 19.1 Å². The minimum atomic E-state index is -3.10. The van der Waals surface area contributed by atoms with E-state index >= 15 is 0 Å². The summed E-state index contributed by atoms with van der Waals surface area (Å²) < 4.78 is 45.7. The Morgan fingerprint density at radius 1 is 1.36 bits per heavy atom. The summed E-state index contributed by atoms with van der Waals surface area (Å²) in [5.41, 5.74) is -1.22. The number of nitrogens with one attached hydrogen (secondary N) is 2. The van der Waals surface area contributed by atoms with E-state index in [2.05, 4.69) is 20.4 Å². The molecule has 10 heteroatoms. The van der Waals surface area contributed by atoms with Gasteiger partial charge in [0.15, 0.2) is 5.82 Å². The number of hydrogen-bond donors (Lipinski definition) is 2. The van der Waals surface area contributed by atoms with Crippen molar-refractivity contribution in [2.45, 2.75) is 29.7 Å². The van der Waals surface area contributed by atoms with Crippen LogP contribution >= 0.6 is 11.8 Å². The summed E-state index contributed by atoms with van der Waals surface area (Å²) in [4.78, 5) is 27.3. The Morgan fingerprint density at radius 2 is 2.04 bits per heavy atom. The molecule has 1 aromatic rings. The Bertz CT molecular complexity index is 725. The number of methoxy groups -OCH3 is 1. The molecule has 1 atom stereocenters. The summed E-state index contributed by atoms with van der Waals surface area (Å²) in [7, 11) is 1.07. The summed E-state index contributed by atoms with van der Waals surface area (Å²) in [5.74, 6) is -6.04. The van der Waals surface area contributed by atoms with Crippen molar-refractivity contribution < 1.29 is 27.5 Å². The fourth-order valence-corrected chi connectivity index (χ4v) is 4.06. The first kappa shape index (κ1) is 17.8. The number of nitrogens with zero attached hydrogens (tertiary/aromatic N) is 1. The van der Waals surface area contributed by atoms with E-state index in [4.69, 9.17) is 0 Å². The molecule has 2 saturated carbocycles. The molecule has 6 nitrogen and oxygen atoms in total. The largest absolute Gasteiger partial charge is 0.469 e. The van der Waals surface area contributed by atoms with Crippen LogP contribution in [0.3, 0.4) is 0 Å². The highest BCUT2D eigenvalue weighted by Gasteiger charge is 2.87. The molecule has 25 heavy (non-hydrogen) atoms. The topological polar surface area (TPSA) is 80.3 Å². The number of anilines is 1. The lowest BCUT2D eigenvalue weighted by Gasteiger charge is -2.36. The van der Waals surface area contributed by atoms with E-state index in [1.165, 1.54) is 6.20 Å². The normalized spacial score (nSPS) is 28.8. The van der Waals surface area contributed by atoms with Crippen LogP contribution in [0.2, 0.25) is 0 Å². The zero-order valence-electron chi connectivity index (χ0n) is 13.4. The van der Waals surface area contributed by atoms with Crippen molar-refractivity contribution in [2.24, 2.45) is 11.3 Å².